The van der Waals surface area contributed by atoms with Gasteiger partial charge in [0.05, 0.1) is 6.16 Å². The van der Waals surface area contributed by atoms with Crippen molar-refractivity contribution < 1.29 is 14.1 Å². The van der Waals surface area contributed by atoms with Crippen LogP contribution < -0.4 is 5.73 Å². The molecule has 0 heterocycles. The molecule has 0 atom stereocenters. The van der Waals surface area contributed by atoms with Gasteiger partial charge in [-0.2, -0.15) is 0 Å². The van der Waals surface area contributed by atoms with E-state index in [0.29, 0.717) is 6.16 Å². The molecule has 0 radical (unpaired) electrons. The number of hydrogen-bond donors (Lipinski definition) is 1. The molecule has 0 aromatic rings. The van der Waals surface area contributed by atoms with Crippen LogP contribution in [-0.4, -0.2) is 18.9 Å². The number of carbonyl (C=O) groups excluding carboxylic acids is 1. The van der Waals surface area contributed by atoms with Crippen molar-refractivity contribution in [2.24, 2.45) is 5.73 Å². The third-order valence-corrected chi connectivity index (χ3v) is 0.792. The van der Waals surface area contributed by atoms with E-state index in [4.69, 9.17) is 0 Å². The third kappa shape index (κ3) is 5.37. The minimum atomic E-state index is -0.825. The predicted molar refractivity (Wildman–Crippen MR) is 28.0 cm³/mol. The Balaban J connectivity index is 2.93. The maximum atomic E-state index is 9.77. The fraction of sp³-hybridized carbons (Fsp3) is 0.667. The molecule has 0 saturated heterocycles. The monoisotopic (exact) mass is 135 g/mol. The van der Waals surface area contributed by atoms with Crippen LogP contribution in [0, 0.1) is 0 Å². The number of ether oxygens (including phenoxy) is 1. The van der Waals surface area contributed by atoms with Gasteiger partial charge in [0, 0.05) is 0 Å². The van der Waals surface area contributed by atoms with Crippen molar-refractivity contribution in [1.82, 2.24) is 0 Å². The van der Waals surface area contributed by atoms with Crippen molar-refractivity contribution in [3.05, 3.63) is 0 Å². The Bertz CT molecular complexity index is 94.5. The molecule has 0 aromatic carbocycles. The standard InChI is InChI=1S/C3H6NO3P/c4-3(5)7-1-2-8-6/h1-2H2,(H2,4,5). The lowest BCUT2D eigenvalue weighted by Crippen LogP contribution is -2.14. The van der Waals surface area contributed by atoms with Gasteiger partial charge in [-0.05, 0) is 0 Å². The van der Waals surface area contributed by atoms with Crippen LogP contribution >= 0.6 is 8.46 Å². The minimum Gasteiger partial charge on any atom is -0.449 e. The van der Waals surface area contributed by atoms with E-state index in [1.807, 2.05) is 0 Å². The second-order valence-corrected chi connectivity index (χ2v) is 1.73. The second kappa shape index (κ2) is 4.53. The first kappa shape index (κ1) is 7.37. The molecule has 0 bridgehead atoms. The lowest BCUT2D eigenvalue weighted by molar-refractivity contribution is 0.164. The summed E-state index contributed by atoms with van der Waals surface area (Å²) in [5, 5.41) is 0. The van der Waals surface area contributed by atoms with Gasteiger partial charge in [0.1, 0.15) is 6.61 Å². The lowest BCUT2D eigenvalue weighted by atomic mass is 10.8. The maximum absolute atomic E-state index is 9.77. The van der Waals surface area contributed by atoms with Gasteiger partial charge in [0.2, 0.25) is 0 Å². The lowest BCUT2D eigenvalue weighted by Gasteiger charge is -1.92. The molecular formula is C3H6NO3P. The van der Waals surface area contributed by atoms with Crippen LogP contribution in [0.1, 0.15) is 0 Å². The van der Waals surface area contributed by atoms with E-state index in [9.17, 15) is 9.36 Å². The summed E-state index contributed by atoms with van der Waals surface area (Å²) in [5.41, 5.74) is 4.57. The Morgan fingerprint density at radius 3 is 2.75 bits per heavy atom. The third-order valence-electron chi connectivity index (χ3n) is 0.427. The van der Waals surface area contributed by atoms with E-state index in [1.54, 1.807) is 0 Å². The van der Waals surface area contributed by atoms with Crippen LogP contribution in [0.15, 0.2) is 0 Å². The summed E-state index contributed by atoms with van der Waals surface area (Å²) in [5.74, 6) is 0. The Kier molecular flexibility index (Phi) is 4.17. The molecule has 5 heteroatoms. The Morgan fingerprint density at radius 2 is 2.38 bits per heavy atom. The summed E-state index contributed by atoms with van der Waals surface area (Å²) in [6.45, 7) is 0.125. The van der Waals surface area contributed by atoms with Gasteiger partial charge in [0.15, 0.2) is 8.46 Å². The number of rotatable bonds is 3. The summed E-state index contributed by atoms with van der Waals surface area (Å²) in [4.78, 5) is 9.77. The molecule has 0 aliphatic heterocycles. The van der Waals surface area contributed by atoms with Crippen LogP contribution in [0.5, 0.6) is 0 Å². The van der Waals surface area contributed by atoms with E-state index >= 15 is 0 Å². The normalized spacial score (nSPS) is 9.00. The largest absolute Gasteiger partial charge is 0.449 e. The van der Waals surface area contributed by atoms with E-state index in [0.717, 1.165) is 0 Å². The molecule has 8 heavy (non-hydrogen) atoms. The SMILES string of the molecule is NC(=O)OCCP=O. The molecule has 1 amide bonds. The van der Waals surface area contributed by atoms with Crippen LogP contribution in [0.25, 0.3) is 0 Å². The smallest absolute Gasteiger partial charge is 0.404 e. The Labute approximate surface area is 48.2 Å². The number of primary amides is 1. The molecule has 0 spiro atoms. The fourth-order valence-electron chi connectivity index (χ4n) is 0.184. The maximum Gasteiger partial charge on any atom is 0.404 e. The first-order chi connectivity index (χ1) is 3.77. The Hall–Kier alpha value is -0.630. The highest BCUT2D eigenvalue weighted by Crippen LogP contribution is 1.88. The molecule has 0 aliphatic carbocycles. The van der Waals surface area contributed by atoms with Crippen molar-refractivity contribution in [1.29, 1.82) is 0 Å². The molecular weight excluding hydrogens is 129 g/mol. The van der Waals surface area contributed by atoms with Crippen molar-refractivity contribution in [2.75, 3.05) is 12.8 Å². The van der Waals surface area contributed by atoms with Crippen LogP contribution in [0.3, 0.4) is 0 Å². The van der Waals surface area contributed by atoms with Gasteiger partial charge in [0.25, 0.3) is 0 Å². The predicted octanol–water partition coefficient (Wildman–Crippen LogP) is 0.373. The van der Waals surface area contributed by atoms with E-state index in [-0.39, 0.29) is 15.1 Å². The van der Waals surface area contributed by atoms with E-state index in [2.05, 4.69) is 10.5 Å². The van der Waals surface area contributed by atoms with Crippen molar-refractivity contribution in [2.45, 2.75) is 0 Å². The van der Waals surface area contributed by atoms with Crippen LogP contribution in [0.4, 0.5) is 4.79 Å². The van der Waals surface area contributed by atoms with Gasteiger partial charge in [-0.3, -0.25) is 4.57 Å². The quantitative estimate of drug-likeness (QED) is 0.449. The molecule has 0 aliphatic rings. The first-order valence-electron chi connectivity index (χ1n) is 1.98. The summed E-state index contributed by atoms with van der Waals surface area (Å²) < 4.78 is 13.9. The molecule has 0 fully saturated rings. The number of carbonyl (C=O) groups is 1. The molecule has 4 nitrogen and oxygen atoms in total. The fourth-order valence-corrected chi connectivity index (χ4v) is 0.349. The summed E-state index contributed by atoms with van der Waals surface area (Å²) in [6, 6.07) is 0. The van der Waals surface area contributed by atoms with Crippen LogP contribution in [0.2, 0.25) is 0 Å². The highest BCUT2D eigenvalue weighted by Gasteiger charge is 1.89. The second-order valence-electron chi connectivity index (χ2n) is 1.02. The number of nitrogens with two attached hydrogens (primary N) is 1. The molecule has 0 saturated carbocycles. The zero-order valence-corrected chi connectivity index (χ0v) is 5.06. The molecule has 2 N–H and O–H groups in total. The minimum absolute atomic E-state index is 0.0323. The average Bonchev–Trinajstić information content (AvgIpc) is 1.66. The van der Waals surface area contributed by atoms with E-state index in [1.165, 1.54) is 0 Å². The zero-order chi connectivity index (χ0) is 6.41. The van der Waals surface area contributed by atoms with Gasteiger partial charge in [-0.25, -0.2) is 4.79 Å². The highest BCUT2D eigenvalue weighted by atomic mass is 31.1. The van der Waals surface area contributed by atoms with Crippen molar-refractivity contribution >= 4 is 14.6 Å². The van der Waals surface area contributed by atoms with Gasteiger partial charge >= 0.3 is 6.09 Å². The van der Waals surface area contributed by atoms with Gasteiger partial charge in [-0.1, -0.05) is 0 Å². The average molecular weight is 135 g/mol. The molecule has 0 rings (SSSR count). The summed E-state index contributed by atoms with van der Waals surface area (Å²) in [7, 11) is -0.0323. The Morgan fingerprint density at radius 1 is 1.75 bits per heavy atom. The van der Waals surface area contributed by atoms with Crippen LogP contribution in [-0.2, 0) is 9.30 Å². The number of hydrogen-bond acceptors (Lipinski definition) is 3. The summed E-state index contributed by atoms with van der Waals surface area (Å²) >= 11 is 0. The van der Waals surface area contributed by atoms with Gasteiger partial charge in [-0.15, -0.1) is 0 Å². The molecule has 0 unspecified atom stereocenters. The van der Waals surface area contributed by atoms with Crippen molar-refractivity contribution in [3.8, 4) is 0 Å². The topological polar surface area (TPSA) is 69.4 Å². The van der Waals surface area contributed by atoms with Crippen molar-refractivity contribution in [3.63, 3.8) is 0 Å². The molecule has 0 aromatic heterocycles. The highest BCUT2D eigenvalue weighted by molar-refractivity contribution is 7.23. The number of amides is 1. The van der Waals surface area contributed by atoms with Gasteiger partial charge < -0.3 is 10.5 Å². The molecule has 46 valence electrons. The first-order valence-corrected chi connectivity index (χ1v) is 2.98. The van der Waals surface area contributed by atoms with E-state index < -0.39 is 6.09 Å². The zero-order valence-electron chi connectivity index (χ0n) is 4.16. The summed E-state index contributed by atoms with van der Waals surface area (Å²) in [6.07, 6.45) is -0.517.